The fourth-order valence-electron chi connectivity index (χ4n) is 2.64. The van der Waals surface area contributed by atoms with Crippen molar-refractivity contribution in [1.29, 1.82) is 0 Å². The third-order valence-electron chi connectivity index (χ3n) is 4.04. The Bertz CT molecular complexity index is 1220. The van der Waals surface area contributed by atoms with E-state index in [2.05, 4.69) is 10.3 Å². The lowest BCUT2D eigenvalue weighted by Gasteiger charge is -2.00. The van der Waals surface area contributed by atoms with E-state index in [1.165, 1.54) is 30.0 Å². The Labute approximate surface area is 184 Å². The van der Waals surface area contributed by atoms with Crippen LogP contribution in [0.4, 0.5) is 11.4 Å². The molecule has 4 rings (SSSR count). The number of thioether (sulfide) groups is 1. The van der Waals surface area contributed by atoms with Crippen LogP contribution in [-0.2, 0) is 4.79 Å². The van der Waals surface area contributed by atoms with Crippen molar-refractivity contribution in [2.75, 3.05) is 0 Å². The van der Waals surface area contributed by atoms with Crippen molar-refractivity contribution in [3.8, 4) is 11.3 Å². The molecular weight excluding hydrogens is 449 g/mol. The fourth-order valence-corrected chi connectivity index (χ4v) is 3.85. The van der Waals surface area contributed by atoms with E-state index in [-0.39, 0.29) is 16.6 Å². The van der Waals surface area contributed by atoms with Crippen molar-refractivity contribution in [2.24, 2.45) is 4.99 Å². The average Bonchev–Trinajstić information content (AvgIpc) is 3.30. The number of hydrogen-bond donors (Lipinski definition) is 1. The second-order valence-corrected chi connectivity index (χ2v) is 7.96. The van der Waals surface area contributed by atoms with Gasteiger partial charge in [0.1, 0.15) is 11.5 Å². The van der Waals surface area contributed by atoms with Crippen molar-refractivity contribution in [2.45, 2.75) is 0 Å². The summed E-state index contributed by atoms with van der Waals surface area (Å²) >= 11 is 13.2. The first-order chi connectivity index (χ1) is 14.4. The number of non-ortho nitro benzene ring substituents is 1. The molecule has 0 aliphatic carbocycles. The Morgan fingerprint density at radius 3 is 2.57 bits per heavy atom. The number of nitrogens with one attached hydrogen (secondary N) is 1. The summed E-state index contributed by atoms with van der Waals surface area (Å²) in [6.45, 7) is 0. The highest BCUT2D eigenvalue weighted by atomic mass is 35.5. The number of nitro groups is 1. The van der Waals surface area contributed by atoms with E-state index in [0.29, 0.717) is 37.9 Å². The first kappa shape index (κ1) is 20.2. The number of benzene rings is 2. The standard InChI is InChI=1S/C20H11Cl2N3O4S/c21-11-1-3-12(4-2-11)23-20-24-19(26)18(30-20)10-14-6-8-17(29-14)15-7-5-13(25(27)28)9-16(15)22/h1-10H,(H,23,24,26)/b18-10+. The molecule has 2 aromatic carbocycles. The van der Waals surface area contributed by atoms with Gasteiger partial charge >= 0.3 is 0 Å². The van der Waals surface area contributed by atoms with Crippen LogP contribution in [0.2, 0.25) is 10.0 Å². The topological polar surface area (TPSA) is 97.7 Å². The third-order valence-corrected chi connectivity index (χ3v) is 5.51. The summed E-state index contributed by atoms with van der Waals surface area (Å²) in [6.07, 6.45) is 1.59. The second-order valence-electron chi connectivity index (χ2n) is 6.08. The summed E-state index contributed by atoms with van der Waals surface area (Å²) in [5.41, 5.74) is 1.07. The van der Waals surface area contributed by atoms with Gasteiger partial charge in [-0.3, -0.25) is 14.9 Å². The van der Waals surface area contributed by atoms with Gasteiger partial charge < -0.3 is 9.73 Å². The predicted octanol–water partition coefficient (Wildman–Crippen LogP) is 6.05. The van der Waals surface area contributed by atoms with E-state index >= 15 is 0 Å². The molecule has 0 saturated carbocycles. The number of halogens is 2. The lowest BCUT2D eigenvalue weighted by atomic mass is 10.1. The Morgan fingerprint density at radius 2 is 1.87 bits per heavy atom. The monoisotopic (exact) mass is 459 g/mol. The van der Waals surface area contributed by atoms with Crippen molar-refractivity contribution < 1.29 is 14.1 Å². The van der Waals surface area contributed by atoms with Gasteiger partial charge in [-0.05, 0) is 54.2 Å². The number of nitro benzene ring substituents is 1. The molecule has 30 heavy (non-hydrogen) atoms. The smallest absolute Gasteiger partial charge is 0.270 e. The SMILES string of the molecule is O=C1NC(=Nc2ccc(Cl)cc2)S/C1=C/c1ccc(-c2ccc([N+](=O)[O-])cc2Cl)o1. The molecule has 0 bridgehead atoms. The highest BCUT2D eigenvalue weighted by molar-refractivity contribution is 8.18. The third kappa shape index (κ3) is 4.40. The lowest BCUT2D eigenvalue weighted by molar-refractivity contribution is -0.384. The second kappa shape index (κ2) is 8.35. The van der Waals surface area contributed by atoms with Gasteiger partial charge in [0.15, 0.2) is 5.17 Å². The van der Waals surface area contributed by atoms with Gasteiger partial charge in [0.2, 0.25) is 0 Å². The number of amides is 1. The van der Waals surface area contributed by atoms with Crippen LogP contribution in [0.25, 0.3) is 17.4 Å². The zero-order chi connectivity index (χ0) is 21.3. The summed E-state index contributed by atoms with van der Waals surface area (Å²) in [4.78, 5) is 27.4. The number of hydrogen-bond acceptors (Lipinski definition) is 6. The Morgan fingerprint density at radius 1 is 1.10 bits per heavy atom. The molecule has 1 aliphatic heterocycles. The number of nitrogens with zero attached hydrogens (tertiary/aromatic N) is 2. The molecular formula is C20H11Cl2N3O4S. The molecule has 1 saturated heterocycles. The molecule has 0 atom stereocenters. The van der Waals surface area contributed by atoms with Crippen LogP contribution in [0.1, 0.15) is 5.76 Å². The molecule has 1 aromatic heterocycles. The van der Waals surface area contributed by atoms with Gasteiger partial charge in [-0.2, -0.15) is 0 Å². The molecule has 1 amide bonds. The van der Waals surface area contributed by atoms with Gasteiger partial charge in [-0.15, -0.1) is 0 Å². The molecule has 10 heteroatoms. The minimum absolute atomic E-state index is 0.107. The molecule has 0 radical (unpaired) electrons. The maximum Gasteiger partial charge on any atom is 0.270 e. The van der Waals surface area contributed by atoms with E-state index in [1.807, 2.05) is 0 Å². The van der Waals surface area contributed by atoms with Crippen molar-refractivity contribution in [3.63, 3.8) is 0 Å². The fraction of sp³-hybridized carbons (Fsp3) is 0. The first-order valence-electron chi connectivity index (χ1n) is 8.48. The molecule has 1 aliphatic rings. The number of aliphatic imine (C=N–C) groups is 1. The molecule has 1 N–H and O–H groups in total. The maximum absolute atomic E-state index is 12.2. The minimum Gasteiger partial charge on any atom is -0.457 e. The quantitative estimate of drug-likeness (QED) is 0.290. The van der Waals surface area contributed by atoms with Crippen LogP contribution in [0.15, 0.2) is 68.9 Å². The number of carbonyl (C=O) groups is 1. The maximum atomic E-state index is 12.2. The number of furan rings is 1. The van der Waals surface area contributed by atoms with Crippen molar-refractivity contribution in [1.82, 2.24) is 5.32 Å². The average molecular weight is 460 g/mol. The van der Waals surface area contributed by atoms with Crippen LogP contribution in [0.5, 0.6) is 0 Å². The van der Waals surface area contributed by atoms with Gasteiger partial charge in [0.05, 0.1) is 20.5 Å². The number of rotatable bonds is 4. The van der Waals surface area contributed by atoms with Crippen molar-refractivity contribution >= 4 is 63.5 Å². The summed E-state index contributed by atoms with van der Waals surface area (Å²) in [5.74, 6) is 0.573. The Balaban J connectivity index is 1.55. The zero-order valence-corrected chi connectivity index (χ0v) is 17.3. The number of carbonyl (C=O) groups excluding carboxylic acids is 1. The molecule has 2 heterocycles. The highest BCUT2D eigenvalue weighted by Crippen LogP contribution is 2.34. The normalized spacial score (nSPS) is 16.3. The Kier molecular flexibility index (Phi) is 5.63. The molecule has 150 valence electrons. The minimum atomic E-state index is -0.521. The van der Waals surface area contributed by atoms with Crippen LogP contribution >= 0.6 is 35.0 Å². The zero-order valence-electron chi connectivity index (χ0n) is 15.0. The Hall–Kier alpha value is -3.07. The van der Waals surface area contributed by atoms with E-state index in [9.17, 15) is 14.9 Å². The lowest BCUT2D eigenvalue weighted by Crippen LogP contribution is -2.19. The van der Waals surface area contributed by atoms with Gasteiger partial charge in [0.25, 0.3) is 11.6 Å². The summed E-state index contributed by atoms with van der Waals surface area (Å²) in [7, 11) is 0. The van der Waals surface area contributed by atoms with E-state index in [4.69, 9.17) is 27.6 Å². The predicted molar refractivity (Wildman–Crippen MR) is 118 cm³/mol. The largest absolute Gasteiger partial charge is 0.457 e. The molecule has 0 unspecified atom stereocenters. The molecule has 0 spiro atoms. The van der Waals surface area contributed by atoms with E-state index < -0.39 is 4.92 Å². The molecule has 1 fully saturated rings. The molecule has 3 aromatic rings. The van der Waals surface area contributed by atoms with Crippen LogP contribution in [0, 0.1) is 10.1 Å². The summed E-state index contributed by atoms with van der Waals surface area (Å²) in [5, 5.41) is 14.8. The van der Waals surface area contributed by atoms with E-state index in [1.54, 1.807) is 42.5 Å². The molecule has 7 nitrogen and oxygen atoms in total. The number of amidine groups is 1. The van der Waals surface area contributed by atoms with E-state index in [0.717, 1.165) is 0 Å². The summed E-state index contributed by atoms with van der Waals surface area (Å²) in [6, 6.07) is 14.4. The van der Waals surface area contributed by atoms with Crippen LogP contribution in [-0.4, -0.2) is 16.0 Å². The van der Waals surface area contributed by atoms with Crippen LogP contribution < -0.4 is 5.32 Å². The van der Waals surface area contributed by atoms with Crippen molar-refractivity contribution in [3.05, 3.63) is 85.4 Å². The van der Waals surface area contributed by atoms with Crippen LogP contribution in [0.3, 0.4) is 0 Å². The van der Waals surface area contributed by atoms with Gasteiger partial charge in [0, 0.05) is 28.8 Å². The first-order valence-corrected chi connectivity index (χ1v) is 10.1. The van der Waals surface area contributed by atoms with Gasteiger partial charge in [-0.25, -0.2) is 4.99 Å². The van der Waals surface area contributed by atoms with Gasteiger partial charge in [-0.1, -0.05) is 23.2 Å². The summed E-state index contributed by atoms with van der Waals surface area (Å²) < 4.78 is 5.75. The highest BCUT2D eigenvalue weighted by Gasteiger charge is 2.24.